The topological polar surface area (TPSA) is 98.5 Å². The van der Waals surface area contributed by atoms with E-state index in [2.05, 4.69) is 5.32 Å². The van der Waals surface area contributed by atoms with Gasteiger partial charge in [0.15, 0.2) is 6.61 Å². The van der Waals surface area contributed by atoms with E-state index in [-0.39, 0.29) is 24.3 Å². The molecule has 3 N–H and O–H groups in total. The number of carbonyl (C=O) groups excluding carboxylic acids is 3. The maximum Gasteiger partial charge on any atom is 0.255 e. The van der Waals surface area contributed by atoms with Crippen LogP contribution in [0, 0.1) is 6.92 Å². The summed E-state index contributed by atoms with van der Waals surface area (Å²) in [5, 5.41) is 2.33. The number of piperidine rings is 1. The molecule has 1 aliphatic heterocycles. The maximum atomic E-state index is 11.9. The van der Waals surface area contributed by atoms with Gasteiger partial charge < -0.3 is 10.5 Å². The molecule has 1 aromatic rings. The molecule has 1 unspecified atom stereocenters. The van der Waals surface area contributed by atoms with Crippen LogP contribution < -0.4 is 15.8 Å². The Balaban J connectivity index is 2.22. The molecule has 6 heteroatoms. The number of nitrogens with two attached hydrogens (primary N) is 1. The van der Waals surface area contributed by atoms with E-state index >= 15 is 0 Å². The van der Waals surface area contributed by atoms with Crippen molar-refractivity contribution in [2.75, 3.05) is 6.61 Å². The van der Waals surface area contributed by atoms with Gasteiger partial charge in [0, 0.05) is 6.42 Å². The number of amides is 3. The summed E-state index contributed by atoms with van der Waals surface area (Å²) < 4.78 is 5.24. The molecule has 1 saturated heterocycles. The summed E-state index contributed by atoms with van der Waals surface area (Å²) in [5.74, 6) is -0.992. The molecule has 20 heavy (non-hydrogen) atoms. The zero-order chi connectivity index (χ0) is 14.7. The number of primary amides is 1. The number of hydrogen-bond donors (Lipinski definition) is 2. The Hall–Kier alpha value is -2.37. The first-order valence-corrected chi connectivity index (χ1v) is 6.32. The van der Waals surface area contributed by atoms with Gasteiger partial charge in [-0.3, -0.25) is 19.7 Å². The molecule has 0 aliphatic carbocycles. The second-order valence-electron chi connectivity index (χ2n) is 4.78. The average molecular weight is 276 g/mol. The summed E-state index contributed by atoms with van der Waals surface area (Å²) >= 11 is 0. The van der Waals surface area contributed by atoms with Crippen LogP contribution in [0.3, 0.4) is 0 Å². The number of carbonyl (C=O) groups is 3. The Bertz CT molecular complexity index is 568. The minimum absolute atomic E-state index is 0.210. The first-order valence-electron chi connectivity index (χ1n) is 6.32. The van der Waals surface area contributed by atoms with Gasteiger partial charge in [-0.2, -0.15) is 0 Å². The Morgan fingerprint density at radius 2 is 2.20 bits per heavy atom. The summed E-state index contributed by atoms with van der Waals surface area (Å²) in [5.41, 5.74) is 6.76. The van der Waals surface area contributed by atoms with Crippen molar-refractivity contribution in [2.24, 2.45) is 5.73 Å². The van der Waals surface area contributed by atoms with Gasteiger partial charge in [0.2, 0.25) is 11.8 Å². The Morgan fingerprint density at radius 3 is 2.85 bits per heavy atom. The van der Waals surface area contributed by atoms with Gasteiger partial charge in [-0.05, 0) is 36.6 Å². The van der Waals surface area contributed by atoms with Crippen LogP contribution >= 0.6 is 0 Å². The van der Waals surface area contributed by atoms with Crippen molar-refractivity contribution in [3.63, 3.8) is 0 Å². The molecule has 1 atom stereocenters. The quantitative estimate of drug-likeness (QED) is 0.777. The number of benzene rings is 1. The van der Waals surface area contributed by atoms with Crippen LogP contribution in [-0.4, -0.2) is 24.3 Å². The lowest BCUT2D eigenvalue weighted by molar-refractivity contribution is -0.134. The lowest BCUT2D eigenvalue weighted by Gasteiger charge is -2.23. The monoisotopic (exact) mass is 276 g/mol. The van der Waals surface area contributed by atoms with Crippen LogP contribution in [0.25, 0.3) is 0 Å². The smallest absolute Gasteiger partial charge is 0.255 e. The molecule has 1 aliphatic rings. The molecular weight excluding hydrogens is 260 g/mol. The van der Waals surface area contributed by atoms with Gasteiger partial charge in [0.05, 0.1) is 5.92 Å². The summed E-state index contributed by atoms with van der Waals surface area (Å²) in [6.45, 7) is 1.68. The van der Waals surface area contributed by atoms with E-state index in [0.29, 0.717) is 18.6 Å². The van der Waals surface area contributed by atoms with E-state index in [1.165, 1.54) is 0 Å². The third-order valence-corrected chi connectivity index (χ3v) is 3.25. The second-order valence-corrected chi connectivity index (χ2v) is 4.78. The molecule has 0 bridgehead atoms. The normalized spacial score (nSPS) is 18.6. The van der Waals surface area contributed by atoms with Crippen LogP contribution in [0.5, 0.6) is 5.75 Å². The molecule has 3 amide bonds. The molecule has 0 radical (unpaired) electrons. The zero-order valence-electron chi connectivity index (χ0n) is 11.1. The Morgan fingerprint density at radius 1 is 1.45 bits per heavy atom. The maximum absolute atomic E-state index is 11.9. The summed E-state index contributed by atoms with van der Waals surface area (Å²) in [6, 6.07) is 5.25. The van der Waals surface area contributed by atoms with Crippen LogP contribution in [0.4, 0.5) is 0 Å². The highest BCUT2D eigenvalue weighted by Crippen LogP contribution is 2.30. The van der Waals surface area contributed by atoms with E-state index in [4.69, 9.17) is 10.5 Å². The zero-order valence-corrected chi connectivity index (χ0v) is 11.1. The number of rotatable bonds is 4. The lowest BCUT2D eigenvalue weighted by atomic mass is 9.88. The van der Waals surface area contributed by atoms with E-state index in [1.54, 1.807) is 12.1 Å². The molecule has 0 saturated carbocycles. The van der Waals surface area contributed by atoms with Crippen molar-refractivity contribution in [1.29, 1.82) is 0 Å². The molecule has 1 aromatic carbocycles. The van der Waals surface area contributed by atoms with Gasteiger partial charge in [0.25, 0.3) is 5.91 Å². The highest BCUT2D eigenvalue weighted by molar-refractivity contribution is 6.01. The van der Waals surface area contributed by atoms with E-state index < -0.39 is 5.91 Å². The van der Waals surface area contributed by atoms with Gasteiger partial charge in [-0.25, -0.2) is 0 Å². The van der Waals surface area contributed by atoms with Crippen molar-refractivity contribution < 1.29 is 19.1 Å². The molecule has 0 spiro atoms. The summed E-state index contributed by atoms with van der Waals surface area (Å²) in [7, 11) is 0. The second kappa shape index (κ2) is 5.73. The van der Waals surface area contributed by atoms with Crippen molar-refractivity contribution in [3.05, 3.63) is 29.3 Å². The number of hydrogen-bond acceptors (Lipinski definition) is 4. The minimum atomic E-state index is -0.562. The number of aryl methyl sites for hydroxylation is 1. The average Bonchev–Trinajstić information content (AvgIpc) is 2.38. The third kappa shape index (κ3) is 3.14. The fourth-order valence-electron chi connectivity index (χ4n) is 2.23. The fourth-order valence-corrected chi connectivity index (χ4v) is 2.23. The van der Waals surface area contributed by atoms with Crippen molar-refractivity contribution in [1.82, 2.24) is 5.32 Å². The van der Waals surface area contributed by atoms with Gasteiger partial charge in [0.1, 0.15) is 5.75 Å². The molecule has 6 nitrogen and oxygen atoms in total. The molecule has 106 valence electrons. The molecular formula is C14H16N2O4. The SMILES string of the molecule is Cc1ccc(OCC(N)=O)cc1C1CCC(=O)NC1=O. The number of imide groups is 1. The summed E-state index contributed by atoms with van der Waals surface area (Å²) in [4.78, 5) is 33.8. The van der Waals surface area contributed by atoms with Crippen LogP contribution in [0.15, 0.2) is 18.2 Å². The number of nitrogens with one attached hydrogen (secondary N) is 1. The first kappa shape index (κ1) is 14.0. The highest BCUT2D eigenvalue weighted by atomic mass is 16.5. The van der Waals surface area contributed by atoms with Gasteiger partial charge in [-0.1, -0.05) is 6.07 Å². The Kier molecular flexibility index (Phi) is 4.02. The van der Waals surface area contributed by atoms with Gasteiger partial charge in [-0.15, -0.1) is 0 Å². The minimum Gasteiger partial charge on any atom is -0.484 e. The molecule has 1 heterocycles. The van der Waals surface area contributed by atoms with Crippen LogP contribution in [0.1, 0.15) is 29.9 Å². The standard InChI is InChI=1S/C14H16N2O4/c1-8-2-3-9(20-7-12(15)17)6-11(8)10-4-5-13(18)16-14(10)19/h2-3,6,10H,4-5,7H2,1H3,(H2,15,17)(H,16,18,19). The predicted octanol–water partition coefficient (Wildman–Crippen LogP) is 0.379. The fraction of sp³-hybridized carbons (Fsp3) is 0.357. The van der Waals surface area contributed by atoms with Gasteiger partial charge >= 0.3 is 0 Å². The molecule has 1 fully saturated rings. The Labute approximate surface area is 116 Å². The van der Waals surface area contributed by atoms with Crippen LogP contribution in [0.2, 0.25) is 0 Å². The number of ether oxygens (including phenoxy) is 1. The lowest BCUT2D eigenvalue weighted by Crippen LogP contribution is -2.39. The summed E-state index contributed by atoms with van der Waals surface area (Å²) in [6.07, 6.45) is 0.799. The van der Waals surface area contributed by atoms with E-state index in [9.17, 15) is 14.4 Å². The third-order valence-electron chi connectivity index (χ3n) is 3.25. The van der Waals surface area contributed by atoms with E-state index in [1.807, 2.05) is 13.0 Å². The van der Waals surface area contributed by atoms with E-state index in [0.717, 1.165) is 11.1 Å². The van der Waals surface area contributed by atoms with Crippen molar-refractivity contribution in [2.45, 2.75) is 25.7 Å². The highest BCUT2D eigenvalue weighted by Gasteiger charge is 2.29. The van der Waals surface area contributed by atoms with Crippen molar-refractivity contribution >= 4 is 17.7 Å². The van der Waals surface area contributed by atoms with Crippen molar-refractivity contribution in [3.8, 4) is 5.75 Å². The largest absolute Gasteiger partial charge is 0.484 e. The first-order chi connectivity index (χ1) is 9.47. The molecule has 2 rings (SSSR count). The predicted molar refractivity (Wildman–Crippen MR) is 71.0 cm³/mol. The van der Waals surface area contributed by atoms with Crippen LogP contribution in [-0.2, 0) is 14.4 Å². The molecule has 0 aromatic heterocycles.